The van der Waals surface area contributed by atoms with E-state index in [0.717, 1.165) is 5.56 Å². The van der Waals surface area contributed by atoms with Gasteiger partial charge in [0.25, 0.3) is 0 Å². The summed E-state index contributed by atoms with van der Waals surface area (Å²) in [6.45, 7) is 1.07. The van der Waals surface area contributed by atoms with Crippen molar-refractivity contribution in [2.45, 2.75) is 19.6 Å². The molecule has 0 aliphatic heterocycles. The lowest BCUT2D eigenvalue weighted by molar-refractivity contribution is -0.175. The summed E-state index contributed by atoms with van der Waals surface area (Å²) in [5.41, 5.74) is 6.32. The van der Waals surface area contributed by atoms with Gasteiger partial charge in [-0.05, 0) is 13.0 Å². The molecule has 0 unspecified atom stereocenters. The maximum absolute atomic E-state index is 11.9. The van der Waals surface area contributed by atoms with Crippen LogP contribution in [-0.4, -0.2) is 32.6 Å². The van der Waals surface area contributed by atoms with Crippen LogP contribution < -0.4 is 15.2 Å². The van der Waals surface area contributed by atoms with Crippen LogP contribution in [0.4, 0.5) is 13.2 Å². The summed E-state index contributed by atoms with van der Waals surface area (Å²) in [7, 11) is 0. The molecule has 1 rings (SSSR count). The van der Waals surface area contributed by atoms with E-state index in [2.05, 4.69) is 4.74 Å². The van der Waals surface area contributed by atoms with Gasteiger partial charge in [-0.1, -0.05) is 12.1 Å². The van der Waals surface area contributed by atoms with Gasteiger partial charge in [-0.25, -0.2) is 0 Å². The van der Waals surface area contributed by atoms with Crippen LogP contribution in [0.25, 0.3) is 0 Å². The lowest BCUT2D eigenvalue weighted by Gasteiger charge is -2.15. The van der Waals surface area contributed by atoms with Crippen molar-refractivity contribution in [3.8, 4) is 11.5 Å². The number of hydrogen-bond acceptors (Lipinski definition) is 4. The summed E-state index contributed by atoms with van der Waals surface area (Å²) < 4.78 is 50.9. The Hall–Kier alpha value is -1.47. The Morgan fingerprint density at radius 2 is 1.90 bits per heavy atom. The molecule has 0 bridgehead atoms. The van der Waals surface area contributed by atoms with Crippen molar-refractivity contribution in [2.24, 2.45) is 5.73 Å². The predicted molar refractivity (Wildman–Crippen MR) is 67.9 cm³/mol. The van der Waals surface area contributed by atoms with Gasteiger partial charge < -0.3 is 19.9 Å². The van der Waals surface area contributed by atoms with E-state index in [1.165, 1.54) is 0 Å². The second kappa shape index (κ2) is 7.96. The molecule has 2 N–H and O–H groups in total. The van der Waals surface area contributed by atoms with Gasteiger partial charge in [0.15, 0.2) is 11.5 Å². The highest BCUT2D eigenvalue weighted by Crippen LogP contribution is 2.31. The molecule has 1 aromatic carbocycles. The maximum atomic E-state index is 11.9. The maximum Gasteiger partial charge on any atom is 0.411 e. The monoisotopic (exact) mass is 293 g/mol. The van der Waals surface area contributed by atoms with Gasteiger partial charge in [0, 0.05) is 12.1 Å². The Bertz CT molecular complexity index is 410. The Balaban J connectivity index is 2.53. The molecule has 0 saturated heterocycles. The highest BCUT2D eigenvalue weighted by Gasteiger charge is 2.27. The second-order valence-corrected chi connectivity index (χ2v) is 3.90. The van der Waals surface area contributed by atoms with Gasteiger partial charge in [0.1, 0.15) is 13.2 Å². The second-order valence-electron chi connectivity index (χ2n) is 3.90. The fourth-order valence-corrected chi connectivity index (χ4v) is 1.55. The SMILES string of the molecule is CCOc1cccc(CN)c1OCCOCC(F)(F)F. The Morgan fingerprint density at radius 3 is 2.50 bits per heavy atom. The first-order chi connectivity index (χ1) is 9.48. The van der Waals surface area contributed by atoms with Crippen LogP contribution in [0.1, 0.15) is 12.5 Å². The van der Waals surface area contributed by atoms with Crippen molar-refractivity contribution in [2.75, 3.05) is 26.4 Å². The molecular formula is C13H18F3NO3. The van der Waals surface area contributed by atoms with Crippen LogP contribution in [0.15, 0.2) is 18.2 Å². The van der Waals surface area contributed by atoms with Gasteiger partial charge >= 0.3 is 6.18 Å². The van der Waals surface area contributed by atoms with Crippen LogP contribution >= 0.6 is 0 Å². The number of ether oxygens (including phenoxy) is 3. The summed E-state index contributed by atoms with van der Waals surface area (Å²) in [5.74, 6) is 0.971. The van der Waals surface area contributed by atoms with Gasteiger partial charge in [-0.3, -0.25) is 0 Å². The number of benzene rings is 1. The van der Waals surface area contributed by atoms with Crippen molar-refractivity contribution in [3.05, 3.63) is 23.8 Å². The first-order valence-electron chi connectivity index (χ1n) is 6.20. The van der Waals surface area contributed by atoms with E-state index < -0.39 is 12.8 Å². The van der Waals surface area contributed by atoms with Crippen LogP contribution in [0, 0.1) is 0 Å². The average Bonchev–Trinajstić information content (AvgIpc) is 2.38. The largest absolute Gasteiger partial charge is 0.490 e. The number of para-hydroxylation sites is 1. The van der Waals surface area contributed by atoms with E-state index in [0.29, 0.717) is 18.1 Å². The molecule has 0 aliphatic rings. The Kier molecular flexibility index (Phi) is 6.60. The van der Waals surface area contributed by atoms with Gasteiger partial charge in [0.05, 0.1) is 13.2 Å². The highest BCUT2D eigenvalue weighted by atomic mass is 19.4. The third-order valence-corrected chi connectivity index (χ3v) is 2.32. The van der Waals surface area contributed by atoms with Crippen LogP contribution in [0.5, 0.6) is 11.5 Å². The van der Waals surface area contributed by atoms with Gasteiger partial charge in [-0.2, -0.15) is 13.2 Å². The molecule has 4 nitrogen and oxygen atoms in total. The third kappa shape index (κ3) is 5.66. The fraction of sp³-hybridized carbons (Fsp3) is 0.538. The molecule has 0 saturated carbocycles. The molecule has 0 heterocycles. The molecule has 1 aromatic rings. The zero-order chi connectivity index (χ0) is 15.0. The lowest BCUT2D eigenvalue weighted by Crippen LogP contribution is -2.19. The lowest BCUT2D eigenvalue weighted by atomic mass is 10.2. The molecule has 114 valence electrons. The van der Waals surface area contributed by atoms with Crippen molar-refractivity contribution < 1.29 is 27.4 Å². The minimum absolute atomic E-state index is 0.00678. The molecule has 0 atom stereocenters. The van der Waals surface area contributed by atoms with Gasteiger partial charge in [-0.15, -0.1) is 0 Å². The van der Waals surface area contributed by atoms with Crippen molar-refractivity contribution in [1.29, 1.82) is 0 Å². The molecule has 0 aliphatic carbocycles. The Morgan fingerprint density at radius 1 is 1.15 bits per heavy atom. The smallest absolute Gasteiger partial charge is 0.411 e. The van der Waals surface area contributed by atoms with Crippen molar-refractivity contribution in [3.63, 3.8) is 0 Å². The van der Waals surface area contributed by atoms with Crippen LogP contribution in [0.3, 0.4) is 0 Å². The van der Waals surface area contributed by atoms with E-state index in [9.17, 15) is 13.2 Å². The average molecular weight is 293 g/mol. The number of nitrogens with two attached hydrogens (primary N) is 1. The standard InChI is InChI=1S/C13H18F3NO3/c1-2-19-11-5-3-4-10(8-17)12(11)20-7-6-18-9-13(14,15)16/h3-5H,2,6-9,17H2,1H3. The summed E-state index contributed by atoms with van der Waals surface area (Å²) in [6, 6.07) is 5.27. The summed E-state index contributed by atoms with van der Waals surface area (Å²) in [4.78, 5) is 0. The van der Waals surface area contributed by atoms with E-state index in [1.807, 2.05) is 6.92 Å². The summed E-state index contributed by atoms with van der Waals surface area (Å²) >= 11 is 0. The number of halogens is 3. The van der Waals surface area contributed by atoms with Crippen molar-refractivity contribution in [1.82, 2.24) is 0 Å². The van der Waals surface area contributed by atoms with E-state index in [4.69, 9.17) is 15.2 Å². The van der Waals surface area contributed by atoms with E-state index >= 15 is 0 Å². The molecule has 0 amide bonds. The highest BCUT2D eigenvalue weighted by molar-refractivity contribution is 5.46. The number of alkyl halides is 3. The molecule has 0 aromatic heterocycles. The van der Waals surface area contributed by atoms with Crippen molar-refractivity contribution >= 4 is 0 Å². The predicted octanol–water partition coefficient (Wildman–Crippen LogP) is 2.50. The normalized spacial score (nSPS) is 11.4. The topological polar surface area (TPSA) is 53.7 Å². The molecule has 0 fully saturated rings. The molecule has 20 heavy (non-hydrogen) atoms. The first-order valence-corrected chi connectivity index (χ1v) is 6.20. The third-order valence-electron chi connectivity index (χ3n) is 2.32. The Labute approximate surface area is 115 Å². The van der Waals surface area contributed by atoms with Crippen LogP contribution in [0.2, 0.25) is 0 Å². The molecular weight excluding hydrogens is 275 g/mol. The zero-order valence-corrected chi connectivity index (χ0v) is 11.2. The minimum atomic E-state index is -4.33. The summed E-state index contributed by atoms with van der Waals surface area (Å²) in [5, 5.41) is 0. The molecule has 0 spiro atoms. The number of hydrogen-bond donors (Lipinski definition) is 1. The minimum Gasteiger partial charge on any atom is -0.490 e. The zero-order valence-electron chi connectivity index (χ0n) is 11.2. The number of rotatable bonds is 8. The fourth-order valence-electron chi connectivity index (χ4n) is 1.55. The molecule has 7 heteroatoms. The van der Waals surface area contributed by atoms with E-state index in [-0.39, 0.29) is 19.8 Å². The first kappa shape index (κ1) is 16.6. The summed E-state index contributed by atoms with van der Waals surface area (Å²) in [6.07, 6.45) is -4.33. The molecule has 0 radical (unpaired) electrons. The van der Waals surface area contributed by atoms with Crippen LogP contribution in [-0.2, 0) is 11.3 Å². The van der Waals surface area contributed by atoms with E-state index in [1.54, 1.807) is 18.2 Å². The quantitative estimate of drug-likeness (QED) is 0.748. The van der Waals surface area contributed by atoms with Gasteiger partial charge in [0.2, 0.25) is 0 Å².